The van der Waals surface area contributed by atoms with Crippen molar-refractivity contribution in [2.75, 3.05) is 34.2 Å². The van der Waals surface area contributed by atoms with Crippen molar-refractivity contribution in [3.8, 4) is 0 Å². The second-order valence-corrected chi connectivity index (χ2v) is 4.29. The van der Waals surface area contributed by atoms with Gasteiger partial charge < -0.3 is 9.80 Å². The maximum atomic E-state index is 12.0. The smallest absolute Gasteiger partial charge is 0.256 e. The maximum absolute atomic E-state index is 12.0. The Kier molecular flexibility index (Phi) is 4.71. The molecule has 0 unspecified atom stereocenters. The number of halogens is 1. The molecule has 0 fully saturated rings. The molecule has 88 valence electrons. The first-order chi connectivity index (χ1) is 7.52. The normalized spacial score (nSPS) is 10.6. The predicted molar refractivity (Wildman–Crippen MR) is 64.8 cm³/mol. The number of hydrogen-bond acceptors (Lipinski definition) is 3. The van der Waals surface area contributed by atoms with Crippen LogP contribution in [0.2, 0.25) is 5.02 Å². The van der Waals surface area contributed by atoms with E-state index in [1.165, 1.54) is 6.20 Å². The van der Waals surface area contributed by atoms with Gasteiger partial charge in [-0.15, -0.1) is 0 Å². The highest BCUT2D eigenvalue weighted by atomic mass is 35.5. The van der Waals surface area contributed by atoms with E-state index in [9.17, 15) is 4.79 Å². The van der Waals surface area contributed by atoms with Gasteiger partial charge in [0.05, 0.1) is 10.6 Å². The lowest BCUT2D eigenvalue weighted by molar-refractivity contribution is 0.0786. The summed E-state index contributed by atoms with van der Waals surface area (Å²) in [5.41, 5.74) is 0.449. The fourth-order valence-corrected chi connectivity index (χ4v) is 1.38. The van der Waals surface area contributed by atoms with Crippen LogP contribution in [0, 0.1) is 0 Å². The van der Waals surface area contributed by atoms with Gasteiger partial charge in [-0.25, -0.2) is 0 Å². The van der Waals surface area contributed by atoms with Crippen molar-refractivity contribution in [2.45, 2.75) is 0 Å². The number of aromatic nitrogens is 1. The van der Waals surface area contributed by atoms with Crippen molar-refractivity contribution in [3.05, 3.63) is 29.0 Å². The molecule has 0 aliphatic carbocycles. The standard InChI is InChI=1S/C11H16ClN3O/c1-14(2)6-7-15(3)11(16)9-8-13-5-4-10(9)12/h4-5,8H,6-7H2,1-3H3. The second kappa shape index (κ2) is 5.82. The van der Waals surface area contributed by atoms with Gasteiger partial charge in [-0.3, -0.25) is 9.78 Å². The van der Waals surface area contributed by atoms with Crippen LogP contribution < -0.4 is 0 Å². The molecule has 1 aromatic rings. The van der Waals surface area contributed by atoms with Crippen LogP contribution in [0.4, 0.5) is 0 Å². The number of likely N-dealkylation sites (N-methyl/N-ethyl adjacent to an activating group) is 2. The SMILES string of the molecule is CN(C)CCN(C)C(=O)c1cnccc1Cl. The number of nitrogens with zero attached hydrogens (tertiary/aromatic N) is 3. The molecule has 4 nitrogen and oxygen atoms in total. The minimum atomic E-state index is -0.0973. The van der Waals surface area contributed by atoms with E-state index in [4.69, 9.17) is 11.6 Å². The van der Waals surface area contributed by atoms with Crippen molar-refractivity contribution < 1.29 is 4.79 Å². The summed E-state index contributed by atoms with van der Waals surface area (Å²) in [4.78, 5) is 19.5. The number of amides is 1. The van der Waals surface area contributed by atoms with Gasteiger partial charge >= 0.3 is 0 Å². The highest BCUT2D eigenvalue weighted by Gasteiger charge is 2.14. The van der Waals surface area contributed by atoms with Gasteiger partial charge in [0.2, 0.25) is 0 Å². The van der Waals surface area contributed by atoms with Crippen LogP contribution >= 0.6 is 11.6 Å². The molecule has 0 radical (unpaired) electrons. The summed E-state index contributed by atoms with van der Waals surface area (Å²) < 4.78 is 0. The van der Waals surface area contributed by atoms with Gasteiger partial charge in [-0.05, 0) is 20.2 Å². The molecule has 0 bridgehead atoms. The van der Waals surface area contributed by atoms with Gasteiger partial charge in [-0.2, -0.15) is 0 Å². The number of pyridine rings is 1. The lowest BCUT2D eigenvalue weighted by atomic mass is 10.2. The summed E-state index contributed by atoms with van der Waals surface area (Å²) >= 11 is 5.93. The zero-order valence-electron chi connectivity index (χ0n) is 9.77. The molecule has 0 aliphatic heterocycles. The molecular formula is C11H16ClN3O. The third-order valence-electron chi connectivity index (χ3n) is 2.23. The molecule has 1 aromatic heterocycles. The summed E-state index contributed by atoms with van der Waals surface area (Å²) in [7, 11) is 5.69. The molecule has 0 aromatic carbocycles. The zero-order chi connectivity index (χ0) is 12.1. The third-order valence-corrected chi connectivity index (χ3v) is 2.56. The van der Waals surface area contributed by atoms with Gasteiger partial charge in [0.25, 0.3) is 5.91 Å². The highest BCUT2D eigenvalue weighted by molar-refractivity contribution is 6.33. The Hall–Kier alpha value is -1.13. The fourth-order valence-electron chi connectivity index (χ4n) is 1.19. The number of carbonyl (C=O) groups is 1. The Morgan fingerprint density at radius 1 is 1.38 bits per heavy atom. The minimum absolute atomic E-state index is 0.0973. The lowest BCUT2D eigenvalue weighted by Crippen LogP contribution is -2.33. The summed E-state index contributed by atoms with van der Waals surface area (Å²) in [5, 5.41) is 0.441. The van der Waals surface area contributed by atoms with Crippen LogP contribution in [0.1, 0.15) is 10.4 Å². The van der Waals surface area contributed by atoms with Crippen molar-refractivity contribution >= 4 is 17.5 Å². The molecule has 1 rings (SSSR count). The molecule has 16 heavy (non-hydrogen) atoms. The Bertz CT molecular complexity index is 368. The van der Waals surface area contributed by atoms with Crippen molar-refractivity contribution in [3.63, 3.8) is 0 Å². The second-order valence-electron chi connectivity index (χ2n) is 3.89. The third kappa shape index (κ3) is 3.47. The molecule has 0 saturated heterocycles. The monoisotopic (exact) mass is 241 g/mol. The number of rotatable bonds is 4. The van der Waals surface area contributed by atoms with Crippen LogP contribution in [0.5, 0.6) is 0 Å². The summed E-state index contributed by atoms with van der Waals surface area (Å²) in [5.74, 6) is -0.0973. The molecule has 1 amide bonds. The first kappa shape index (κ1) is 12.9. The highest BCUT2D eigenvalue weighted by Crippen LogP contribution is 2.14. The quantitative estimate of drug-likeness (QED) is 0.799. The van der Waals surface area contributed by atoms with Crippen LogP contribution in [-0.4, -0.2) is 54.9 Å². The number of carbonyl (C=O) groups excluding carboxylic acids is 1. The molecule has 1 heterocycles. The van der Waals surface area contributed by atoms with Gasteiger partial charge in [0.1, 0.15) is 0 Å². The minimum Gasteiger partial charge on any atom is -0.340 e. The van der Waals surface area contributed by atoms with Crippen LogP contribution in [0.25, 0.3) is 0 Å². The predicted octanol–water partition coefficient (Wildman–Crippen LogP) is 1.37. The summed E-state index contributed by atoms with van der Waals surface area (Å²) in [6.07, 6.45) is 3.07. The zero-order valence-corrected chi connectivity index (χ0v) is 10.5. The molecule has 0 atom stereocenters. The topological polar surface area (TPSA) is 36.4 Å². The van der Waals surface area contributed by atoms with E-state index >= 15 is 0 Å². The number of hydrogen-bond donors (Lipinski definition) is 0. The van der Waals surface area contributed by atoms with E-state index in [1.807, 2.05) is 19.0 Å². The molecule has 0 spiro atoms. The Morgan fingerprint density at radius 2 is 2.06 bits per heavy atom. The van der Waals surface area contributed by atoms with E-state index in [-0.39, 0.29) is 5.91 Å². The molecule has 5 heteroatoms. The van der Waals surface area contributed by atoms with Crippen molar-refractivity contribution in [2.24, 2.45) is 0 Å². The van der Waals surface area contributed by atoms with Crippen LogP contribution in [-0.2, 0) is 0 Å². The van der Waals surface area contributed by atoms with Crippen molar-refractivity contribution in [1.82, 2.24) is 14.8 Å². The van der Waals surface area contributed by atoms with Gasteiger partial charge in [-0.1, -0.05) is 11.6 Å². The maximum Gasteiger partial charge on any atom is 0.256 e. The largest absolute Gasteiger partial charge is 0.340 e. The van der Waals surface area contributed by atoms with Crippen molar-refractivity contribution in [1.29, 1.82) is 0 Å². The summed E-state index contributed by atoms with van der Waals surface area (Å²) in [6.45, 7) is 1.48. The lowest BCUT2D eigenvalue weighted by Gasteiger charge is -2.19. The van der Waals surface area contributed by atoms with Crippen LogP contribution in [0.15, 0.2) is 18.5 Å². The Labute approximate surface area is 101 Å². The van der Waals surface area contributed by atoms with Gasteiger partial charge in [0.15, 0.2) is 0 Å². The Balaban J connectivity index is 2.67. The van der Waals surface area contributed by atoms with E-state index in [1.54, 1.807) is 24.2 Å². The van der Waals surface area contributed by atoms with E-state index in [2.05, 4.69) is 4.98 Å². The molecular weight excluding hydrogens is 226 g/mol. The van der Waals surface area contributed by atoms with E-state index in [0.717, 1.165) is 6.54 Å². The first-order valence-corrected chi connectivity index (χ1v) is 5.40. The molecule has 0 N–H and O–H groups in total. The first-order valence-electron chi connectivity index (χ1n) is 5.02. The average Bonchev–Trinajstić information content (AvgIpc) is 2.25. The summed E-state index contributed by atoms with van der Waals surface area (Å²) in [6, 6.07) is 1.62. The Morgan fingerprint density at radius 3 is 2.62 bits per heavy atom. The van der Waals surface area contributed by atoms with E-state index < -0.39 is 0 Å². The fraction of sp³-hybridized carbons (Fsp3) is 0.455. The van der Waals surface area contributed by atoms with Gasteiger partial charge in [0, 0.05) is 32.5 Å². The van der Waals surface area contributed by atoms with E-state index in [0.29, 0.717) is 17.1 Å². The molecule has 0 aliphatic rings. The van der Waals surface area contributed by atoms with Crippen LogP contribution in [0.3, 0.4) is 0 Å². The molecule has 0 saturated carbocycles. The average molecular weight is 242 g/mol.